The molecule has 0 aliphatic heterocycles. The molecule has 0 heterocycles. The van der Waals surface area contributed by atoms with Crippen LogP contribution in [0, 0.1) is 11.3 Å². The van der Waals surface area contributed by atoms with Crippen molar-refractivity contribution in [3.8, 4) is 6.07 Å². The van der Waals surface area contributed by atoms with Gasteiger partial charge in [0, 0.05) is 0 Å². The number of rotatable bonds is 0. The van der Waals surface area contributed by atoms with E-state index in [1.54, 1.807) is 0 Å². The quantitative estimate of drug-likeness (QED) is 0.233. The Kier molecular flexibility index (Phi) is 3.40. The summed E-state index contributed by atoms with van der Waals surface area (Å²) in [6.45, 7) is 0. The zero-order chi connectivity index (χ0) is 21.2. The van der Waals surface area contributed by atoms with E-state index in [1.807, 2.05) is 6.07 Å². The summed E-state index contributed by atoms with van der Waals surface area (Å²) in [5.74, 6) is 0. The molecule has 7 rings (SSSR count). The van der Waals surface area contributed by atoms with Crippen molar-refractivity contribution >= 4 is 64.6 Å². The first kappa shape index (κ1) is 17.3. The molecule has 0 spiro atoms. The van der Waals surface area contributed by atoms with Crippen molar-refractivity contribution in [1.29, 1.82) is 5.26 Å². The lowest BCUT2D eigenvalue weighted by Gasteiger charge is -2.17. The molecular weight excluding hydrogens is 386 g/mol. The third kappa shape index (κ3) is 2.16. The van der Waals surface area contributed by atoms with E-state index in [9.17, 15) is 5.26 Å². The monoisotopic (exact) mass is 403 g/mol. The van der Waals surface area contributed by atoms with Gasteiger partial charge in [-0.05, 0) is 76.8 Å². The minimum absolute atomic E-state index is 0.691. The summed E-state index contributed by atoms with van der Waals surface area (Å²) in [4.78, 5) is 0. The van der Waals surface area contributed by atoms with Gasteiger partial charge in [-0.15, -0.1) is 0 Å². The van der Waals surface area contributed by atoms with Crippen molar-refractivity contribution in [2.45, 2.75) is 0 Å². The number of nitrogens with zero attached hydrogens (tertiary/aromatic N) is 1. The Hall–Kier alpha value is -4.41. The van der Waals surface area contributed by atoms with Gasteiger partial charge in [0.25, 0.3) is 0 Å². The molecule has 1 nitrogen and oxygen atoms in total. The van der Waals surface area contributed by atoms with Gasteiger partial charge in [0.05, 0.1) is 11.6 Å². The molecule has 0 unspecified atom stereocenters. The summed E-state index contributed by atoms with van der Waals surface area (Å²) in [7, 11) is 0. The highest BCUT2D eigenvalue weighted by atomic mass is 14.2. The zero-order valence-corrected chi connectivity index (χ0v) is 17.3. The van der Waals surface area contributed by atoms with Gasteiger partial charge in [0.15, 0.2) is 0 Å². The first-order chi connectivity index (χ1) is 15.8. The van der Waals surface area contributed by atoms with E-state index < -0.39 is 0 Å². The maximum absolute atomic E-state index is 9.66. The Labute approximate surface area is 184 Å². The molecule has 0 saturated carbocycles. The molecule has 0 radical (unpaired) electrons. The van der Waals surface area contributed by atoms with Crippen LogP contribution in [0.2, 0.25) is 0 Å². The van der Waals surface area contributed by atoms with E-state index in [1.165, 1.54) is 59.2 Å². The first-order valence-electron chi connectivity index (χ1n) is 10.9. The van der Waals surface area contributed by atoms with Gasteiger partial charge in [-0.2, -0.15) is 5.26 Å². The van der Waals surface area contributed by atoms with Crippen LogP contribution < -0.4 is 0 Å². The maximum Gasteiger partial charge on any atom is 0.0991 e. The number of benzene rings is 7. The smallest absolute Gasteiger partial charge is 0.0991 e. The van der Waals surface area contributed by atoms with Crippen molar-refractivity contribution < 1.29 is 0 Å². The number of fused-ring (bicyclic) bond motifs is 13. The normalized spacial score (nSPS) is 11.7. The van der Waals surface area contributed by atoms with Crippen LogP contribution in [-0.2, 0) is 0 Å². The summed E-state index contributed by atoms with van der Waals surface area (Å²) >= 11 is 0. The minimum atomic E-state index is 0.691. The number of hydrogen-bond acceptors (Lipinski definition) is 1. The predicted octanol–water partition coefficient (Wildman–Crippen LogP) is 8.48. The molecule has 146 valence electrons. The zero-order valence-electron chi connectivity index (χ0n) is 17.3. The SMILES string of the molecule is N#Cc1ccc2c3ccc4ccccc4c3c3c4ccccc4c4ccccc4c3c2c1. The van der Waals surface area contributed by atoms with Crippen LogP contribution in [0.25, 0.3) is 64.6 Å². The van der Waals surface area contributed by atoms with E-state index in [2.05, 4.69) is 103 Å². The lowest BCUT2D eigenvalue weighted by atomic mass is 9.85. The predicted molar refractivity (Wildman–Crippen MR) is 136 cm³/mol. The van der Waals surface area contributed by atoms with Crippen LogP contribution in [0.3, 0.4) is 0 Å². The fraction of sp³-hybridized carbons (Fsp3) is 0. The molecular formula is C31H17N. The largest absolute Gasteiger partial charge is 0.192 e. The molecule has 1 heteroatoms. The van der Waals surface area contributed by atoms with Crippen molar-refractivity contribution in [2.24, 2.45) is 0 Å². The highest BCUT2D eigenvalue weighted by molar-refractivity contribution is 6.42. The van der Waals surface area contributed by atoms with Gasteiger partial charge in [-0.1, -0.05) is 91.0 Å². The van der Waals surface area contributed by atoms with E-state index in [4.69, 9.17) is 0 Å². The molecule has 0 atom stereocenters. The van der Waals surface area contributed by atoms with Crippen molar-refractivity contribution in [1.82, 2.24) is 0 Å². The van der Waals surface area contributed by atoms with Crippen LogP contribution in [0.1, 0.15) is 5.56 Å². The van der Waals surface area contributed by atoms with Gasteiger partial charge in [0.2, 0.25) is 0 Å². The van der Waals surface area contributed by atoms with Crippen molar-refractivity contribution in [3.63, 3.8) is 0 Å². The molecule has 0 aliphatic carbocycles. The molecule has 7 aromatic rings. The van der Waals surface area contributed by atoms with E-state index >= 15 is 0 Å². The molecule has 0 N–H and O–H groups in total. The highest BCUT2D eigenvalue weighted by Crippen LogP contribution is 2.45. The third-order valence-corrected chi connectivity index (χ3v) is 6.82. The van der Waals surface area contributed by atoms with Crippen LogP contribution in [0.4, 0.5) is 0 Å². The van der Waals surface area contributed by atoms with Gasteiger partial charge >= 0.3 is 0 Å². The average Bonchev–Trinajstić information content (AvgIpc) is 2.87. The lowest BCUT2D eigenvalue weighted by Crippen LogP contribution is -1.90. The molecule has 0 aliphatic rings. The molecule has 32 heavy (non-hydrogen) atoms. The fourth-order valence-electron chi connectivity index (χ4n) is 5.50. The van der Waals surface area contributed by atoms with Gasteiger partial charge in [0.1, 0.15) is 0 Å². The average molecular weight is 403 g/mol. The molecule has 0 aromatic heterocycles. The molecule has 7 aromatic carbocycles. The van der Waals surface area contributed by atoms with Crippen molar-refractivity contribution in [2.75, 3.05) is 0 Å². The highest BCUT2D eigenvalue weighted by Gasteiger charge is 2.17. The molecule has 0 bridgehead atoms. The Morgan fingerprint density at radius 1 is 0.406 bits per heavy atom. The van der Waals surface area contributed by atoms with Crippen LogP contribution >= 0.6 is 0 Å². The summed E-state index contributed by atoms with van der Waals surface area (Å²) in [5.41, 5.74) is 0.691. The topological polar surface area (TPSA) is 23.8 Å². The minimum Gasteiger partial charge on any atom is -0.192 e. The van der Waals surface area contributed by atoms with Crippen LogP contribution in [-0.4, -0.2) is 0 Å². The standard InChI is InChI=1S/C31H17N/c32-18-19-13-15-24-27-16-14-20-7-1-2-8-21(20)29(27)31-26-12-6-4-10-23(26)22-9-3-5-11-25(22)30(31)28(24)17-19/h1-17H. The second-order valence-corrected chi connectivity index (χ2v) is 8.42. The molecule has 0 amide bonds. The maximum atomic E-state index is 9.66. The summed E-state index contributed by atoms with van der Waals surface area (Å²) in [6, 6.07) is 38.9. The Bertz CT molecular complexity index is 1940. The number of hydrogen-bond donors (Lipinski definition) is 0. The van der Waals surface area contributed by atoms with Gasteiger partial charge in [-0.25, -0.2) is 0 Å². The fourth-order valence-corrected chi connectivity index (χ4v) is 5.50. The van der Waals surface area contributed by atoms with Gasteiger partial charge in [-0.3, -0.25) is 0 Å². The second-order valence-electron chi connectivity index (χ2n) is 8.42. The molecule has 0 saturated heterocycles. The Balaban J connectivity index is 1.98. The van der Waals surface area contributed by atoms with Crippen molar-refractivity contribution in [3.05, 3.63) is 109 Å². The summed E-state index contributed by atoms with van der Waals surface area (Å²) in [5, 5.41) is 24.5. The lowest BCUT2D eigenvalue weighted by molar-refractivity contribution is 1.50. The Morgan fingerprint density at radius 3 is 1.62 bits per heavy atom. The second kappa shape index (κ2) is 6.30. The first-order valence-corrected chi connectivity index (χ1v) is 10.9. The summed E-state index contributed by atoms with van der Waals surface area (Å²) in [6.07, 6.45) is 0. The Morgan fingerprint density at radius 2 is 0.906 bits per heavy atom. The molecule has 0 fully saturated rings. The third-order valence-electron chi connectivity index (χ3n) is 6.82. The van der Waals surface area contributed by atoms with E-state index in [-0.39, 0.29) is 0 Å². The van der Waals surface area contributed by atoms with Crippen LogP contribution in [0.5, 0.6) is 0 Å². The number of nitriles is 1. The van der Waals surface area contributed by atoms with E-state index in [0.29, 0.717) is 5.56 Å². The van der Waals surface area contributed by atoms with E-state index in [0.717, 1.165) is 5.39 Å². The van der Waals surface area contributed by atoms with Gasteiger partial charge < -0.3 is 0 Å². The summed E-state index contributed by atoms with van der Waals surface area (Å²) < 4.78 is 0. The van der Waals surface area contributed by atoms with Crippen LogP contribution in [0.15, 0.2) is 103 Å².